The van der Waals surface area contributed by atoms with Crippen molar-refractivity contribution in [2.24, 2.45) is 0 Å². The van der Waals surface area contributed by atoms with Gasteiger partial charge in [-0.05, 0) is 11.4 Å². The summed E-state index contributed by atoms with van der Waals surface area (Å²) in [5.74, 6) is 0.200. The predicted octanol–water partition coefficient (Wildman–Crippen LogP) is 0.643. The van der Waals surface area contributed by atoms with Gasteiger partial charge in [-0.15, -0.1) is 11.3 Å². The molecule has 78 valence electrons. The van der Waals surface area contributed by atoms with Crippen LogP contribution in [0.25, 0.3) is 0 Å². The third kappa shape index (κ3) is 2.13. The van der Waals surface area contributed by atoms with E-state index in [0.29, 0.717) is 16.4 Å². The Morgan fingerprint density at radius 1 is 1.67 bits per heavy atom. The molecule has 0 aliphatic rings. The SMILES string of the molecule is Nc1ccsc1C(=O)NCc1ncon1. The fraction of sp³-hybridized carbons (Fsp3) is 0.125. The van der Waals surface area contributed by atoms with Crippen LogP contribution in [-0.2, 0) is 6.54 Å². The second-order valence-corrected chi connectivity index (χ2v) is 3.65. The van der Waals surface area contributed by atoms with Crippen LogP contribution in [0.3, 0.4) is 0 Å². The molecule has 0 aromatic carbocycles. The highest BCUT2D eigenvalue weighted by atomic mass is 32.1. The first-order valence-corrected chi connectivity index (χ1v) is 5.02. The van der Waals surface area contributed by atoms with Gasteiger partial charge in [0.15, 0.2) is 5.82 Å². The van der Waals surface area contributed by atoms with Crippen LogP contribution >= 0.6 is 11.3 Å². The summed E-state index contributed by atoms with van der Waals surface area (Å²) in [7, 11) is 0. The average Bonchev–Trinajstić information content (AvgIpc) is 2.84. The van der Waals surface area contributed by atoms with E-state index < -0.39 is 0 Å². The highest BCUT2D eigenvalue weighted by Gasteiger charge is 2.11. The van der Waals surface area contributed by atoms with Crippen LogP contribution in [-0.4, -0.2) is 16.0 Å². The number of rotatable bonds is 3. The molecule has 0 aliphatic heterocycles. The molecule has 0 unspecified atom stereocenters. The predicted molar refractivity (Wildman–Crippen MR) is 54.2 cm³/mol. The van der Waals surface area contributed by atoms with Gasteiger partial charge in [-0.25, -0.2) is 0 Å². The lowest BCUT2D eigenvalue weighted by molar-refractivity contribution is 0.0954. The molecular weight excluding hydrogens is 216 g/mol. The lowest BCUT2D eigenvalue weighted by Gasteiger charge is -2.00. The largest absolute Gasteiger partial charge is 0.397 e. The molecule has 0 atom stereocenters. The van der Waals surface area contributed by atoms with Gasteiger partial charge in [0.25, 0.3) is 5.91 Å². The van der Waals surface area contributed by atoms with Crippen LogP contribution in [0.5, 0.6) is 0 Å². The van der Waals surface area contributed by atoms with E-state index in [1.54, 1.807) is 11.4 Å². The van der Waals surface area contributed by atoms with Gasteiger partial charge in [0.2, 0.25) is 6.39 Å². The van der Waals surface area contributed by atoms with Gasteiger partial charge in [0.1, 0.15) is 4.88 Å². The molecule has 6 nitrogen and oxygen atoms in total. The first kappa shape index (κ1) is 9.66. The zero-order chi connectivity index (χ0) is 10.7. The molecular formula is C8H8N4O2S. The number of nitrogens with zero attached hydrogens (tertiary/aromatic N) is 2. The molecule has 0 radical (unpaired) electrons. The Labute approximate surface area is 89.1 Å². The molecule has 2 aromatic heterocycles. The Kier molecular flexibility index (Phi) is 2.64. The number of anilines is 1. The number of hydrogen-bond donors (Lipinski definition) is 2. The fourth-order valence-electron chi connectivity index (χ4n) is 1.01. The van der Waals surface area contributed by atoms with Crippen molar-refractivity contribution in [1.29, 1.82) is 0 Å². The molecule has 3 N–H and O–H groups in total. The smallest absolute Gasteiger partial charge is 0.263 e. The van der Waals surface area contributed by atoms with Gasteiger partial charge in [-0.2, -0.15) is 4.98 Å². The molecule has 1 amide bonds. The molecule has 0 bridgehead atoms. The molecule has 0 saturated carbocycles. The topological polar surface area (TPSA) is 94.0 Å². The quantitative estimate of drug-likeness (QED) is 0.798. The van der Waals surface area contributed by atoms with E-state index in [0.717, 1.165) is 0 Å². The molecule has 0 spiro atoms. The first-order valence-electron chi connectivity index (χ1n) is 4.14. The van der Waals surface area contributed by atoms with E-state index in [1.807, 2.05) is 0 Å². The minimum Gasteiger partial charge on any atom is -0.397 e. The van der Waals surface area contributed by atoms with E-state index >= 15 is 0 Å². The highest BCUT2D eigenvalue weighted by Crippen LogP contribution is 2.18. The van der Waals surface area contributed by atoms with Crippen LogP contribution in [0.1, 0.15) is 15.5 Å². The van der Waals surface area contributed by atoms with Crippen LogP contribution in [0, 0.1) is 0 Å². The Bertz CT molecular complexity index is 451. The van der Waals surface area contributed by atoms with Gasteiger partial charge in [0.05, 0.1) is 12.2 Å². The lowest BCUT2D eigenvalue weighted by atomic mass is 10.4. The van der Waals surface area contributed by atoms with Gasteiger partial charge in [-0.3, -0.25) is 4.79 Å². The number of hydrogen-bond acceptors (Lipinski definition) is 6. The van der Waals surface area contributed by atoms with E-state index in [4.69, 9.17) is 5.73 Å². The Hall–Kier alpha value is -1.89. The molecule has 0 saturated heterocycles. The van der Waals surface area contributed by atoms with Crippen molar-refractivity contribution in [2.45, 2.75) is 6.54 Å². The molecule has 7 heteroatoms. The first-order chi connectivity index (χ1) is 7.27. The maximum atomic E-state index is 11.6. The third-order valence-electron chi connectivity index (χ3n) is 1.72. The molecule has 2 aromatic rings. The summed E-state index contributed by atoms with van der Waals surface area (Å²) in [6.45, 7) is 0.229. The lowest BCUT2D eigenvalue weighted by Crippen LogP contribution is -2.23. The van der Waals surface area contributed by atoms with Crippen LogP contribution in [0.4, 0.5) is 5.69 Å². The Balaban J connectivity index is 1.96. The number of nitrogen functional groups attached to an aromatic ring is 1. The normalized spacial score (nSPS) is 10.1. The number of aromatic nitrogens is 2. The second-order valence-electron chi connectivity index (χ2n) is 2.74. The van der Waals surface area contributed by atoms with Crippen LogP contribution < -0.4 is 11.1 Å². The summed E-state index contributed by atoms with van der Waals surface area (Å²) < 4.78 is 4.53. The number of carbonyl (C=O) groups excluding carboxylic acids is 1. The van der Waals surface area contributed by atoms with Crippen LogP contribution in [0.15, 0.2) is 22.4 Å². The summed E-state index contributed by atoms with van der Waals surface area (Å²) >= 11 is 1.29. The van der Waals surface area contributed by atoms with Crippen molar-refractivity contribution in [3.8, 4) is 0 Å². The average molecular weight is 224 g/mol. The number of nitrogens with one attached hydrogen (secondary N) is 1. The van der Waals surface area contributed by atoms with E-state index in [-0.39, 0.29) is 12.5 Å². The molecule has 0 fully saturated rings. The number of amides is 1. The van der Waals surface area contributed by atoms with Crippen molar-refractivity contribution in [1.82, 2.24) is 15.5 Å². The van der Waals surface area contributed by atoms with Crippen molar-refractivity contribution >= 4 is 22.9 Å². The molecule has 15 heavy (non-hydrogen) atoms. The third-order valence-corrected chi connectivity index (χ3v) is 2.64. The maximum Gasteiger partial charge on any atom is 0.263 e. The molecule has 2 rings (SSSR count). The zero-order valence-corrected chi connectivity index (χ0v) is 8.45. The summed E-state index contributed by atoms with van der Waals surface area (Å²) in [6.07, 6.45) is 1.21. The van der Waals surface area contributed by atoms with Gasteiger partial charge in [0, 0.05) is 0 Å². The summed E-state index contributed by atoms with van der Waals surface area (Å²) in [4.78, 5) is 15.8. The standard InChI is InChI=1S/C8H8N4O2S/c9-5-1-2-15-7(5)8(13)10-3-6-11-4-14-12-6/h1-2,4H,3,9H2,(H,10,13). The number of nitrogens with two attached hydrogens (primary N) is 1. The molecule has 0 aliphatic carbocycles. The summed E-state index contributed by atoms with van der Waals surface area (Å²) in [6, 6.07) is 1.69. The molecule has 2 heterocycles. The van der Waals surface area contributed by atoms with Crippen molar-refractivity contribution in [3.63, 3.8) is 0 Å². The maximum absolute atomic E-state index is 11.6. The Morgan fingerprint density at radius 2 is 2.53 bits per heavy atom. The van der Waals surface area contributed by atoms with Crippen molar-refractivity contribution in [2.75, 3.05) is 5.73 Å². The summed E-state index contributed by atoms with van der Waals surface area (Å²) in [5, 5.41) is 7.96. The van der Waals surface area contributed by atoms with E-state index in [1.165, 1.54) is 17.7 Å². The van der Waals surface area contributed by atoms with Gasteiger partial charge >= 0.3 is 0 Å². The minimum atomic E-state index is -0.229. The monoisotopic (exact) mass is 224 g/mol. The van der Waals surface area contributed by atoms with Gasteiger partial charge in [-0.1, -0.05) is 5.16 Å². The van der Waals surface area contributed by atoms with Crippen molar-refractivity contribution in [3.05, 3.63) is 28.5 Å². The second kappa shape index (κ2) is 4.09. The highest BCUT2D eigenvalue weighted by molar-refractivity contribution is 7.12. The zero-order valence-electron chi connectivity index (χ0n) is 7.64. The Morgan fingerprint density at radius 3 is 3.13 bits per heavy atom. The van der Waals surface area contributed by atoms with Gasteiger partial charge < -0.3 is 15.6 Å². The number of carbonyl (C=O) groups is 1. The van der Waals surface area contributed by atoms with E-state index in [2.05, 4.69) is 20.0 Å². The summed E-state index contributed by atoms with van der Waals surface area (Å²) in [5.41, 5.74) is 6.07. The van der Waals surface area contributed by atoms with Crippen LogP contribution in [0.2, 0.25) is 0 Å². The minimum absolute atomic E-state index is 0.229. The van der Waals surface area contributed by atoms with E-state index in [9.17, 15) is 4.79 Å². The van der Waals surface area contributed by atoms with Crippen molar-refractivity contribution < 1.29 is 9.32 Å². The fourth-order valence-corrected chi connectivity index (χ4v) is 1.75. The number of thiophene rings is 1.